The summed E-state index contributed by atoms with van der Waals surface area (Å²) in [6, 6.07) is 4.26. The maximum Gasteiger partial charge on any atom is 0.265 e. The Kier molecular flexibility index (Phi) is 7.65. The largest absolute Gasteiger partial charge is 0.381 e. The predicted molar refractivity (Wildman–Crippen MR) is 141 cm³/mol. The maximum atomic E-state index is 12.4. The number of hydrogen-bond donors (Lipinski definition) is 0. The topological polar surface area (TPSA) is 84.9 Å². The van der Waals surface area contributed by atoms with E-state index in [1.165, 1.54) is 16.9 Å². The van der Waals surface area contributed by atoms with E-state index in [9.17, 15) is 9.59 Å². The summed E-state index contributed by atoms with van der Waals surface area (Å²) in [4.78, 5) is 37.6. The van der Waals surface area contributed by atoms with Gasteiger partial charge in [0, 0.05) is 64.0 Å². The lowest BCUT2D eigenvalue weighted by molar-refractivity contribution is -0.144. The average molecular weight is 527 g/mol. The minimum Gasteiger partial charge on any atom is -0.381 e. The quantitative estimate of drug-likeness (QED) is 0.586. The highest BCUT2D eigenvalue weighted by Gasteiger charge is 2.57. The minimum absolute atomic E-state index is 0.0903. The summed E-state index contributed by atoms with van der Waals surface area (Å²) in [5, 5.41) is 0. The standard InChI is InChI=1S/C16H21N3O2S.C12H17NO2/c1-15(2)5-11(15)13(20)19-8-16(9-19)3-4-18(7-16)14(21)12-6-17-10-22-12;1-14-9-12-8-11(2-5-13-12)10-3-6-15-7-4-10/h6,10-11H,3-5,7-9H2,1-2H3;2,5,8,10H,3-4,6-7,9H2,1H3. The molecule has 2 aromatic rings. The third kappa shape index (κ3) is 5.89. The van der Waals surface area contributed by atoms with Crippen LogP contribution >= 0.6 is 11.3 Å². The van der Waals surface area contributed by atoms with Crippen molar-refractivity contribution in [2.45, 2.75) is 52.1 Å². The van der Waals surface area contributed by atoms with E-state index in [0.29, 0.717) is 23.3 Å². The summed E-state index contributed by atoms with van der Waals surface area (Å²) in [7, 11) is 1.70. The van der Waals surface area contributed by atoms with Crippen LogP contribution in [0.15, 0.2) is 30.0 Å². The van der Waals surface area contributed by atoms with Gasteiger partial charge >= 0.3 is 0 Å². The van der Waals surface area contributed by atoms with E-state index >= 15 is 0 Å². The van der Waals surface area contributed by atoms with Crippen LogP contribution < -0.4 is 0 Å². The summed E-state index contributed by atoms with van der Waals surface area (Å²) in [6.45, 7) is 9.91. The fourth-order valence-electron chi connectivity index (χ4n) is 5.88. The van der Waals surface area contributed by atoms with Crippen molar-refractivity contribution >= 4 is 23.2 Å². The Balaban J connectivity index is 0.000000164. The van der Waals surface area contributed by atoms with Crippen molar-refractivity contribution in [3.8, 4) is 0 Å². The number of pyridine rings is 1. The Morgan fingerprint density at radius 3 is 2.57 bits per heavy atom. The molecule has 9 heteroatoms. The van der Waals surface area contributed by atoms with Gasteiger partial charge in [0.25, 0.3) is 5.91 Å². The number of rotatable bonds is 5. The number of nitrogens with zero attached hydrogens (tertiary/aromatic N) is 4. The van der Waals surface area contributed by atoms with Gasteiger partial charge in [-0.2, -0.15) is 0 Å². The first-order valence-corrected chi connectivity index (χ1v) is 14.2. The number of methoxy groups -OCH3 is 1. The molecule has 0 bridgehead atoms. The van der Waals surface area contributed by atoms with Crippen molar-refractivity contribution in [2.24, 2.45) is 16.7 Å². The molecule has 37 heavy (non-hydrogen) atoms. The highest BCUT2D eigenvalue weighted by atomic mass is 32.1. The predicted octanol–water partition coefficient (Wildman–Crippen LogP) is 3.99. The molecule has 1 unspecified atom stereocenters. The van der Waals surface area contributed by atoms with Gasteiger partial charge in [0.1, 0.15) is 4.88 Å². The van der Waals surface area contributed by atoms with Gasteiger partial charge in [-0.05, 0) is 54.7 Å². The molecule has 4 aliphatic rings. The Morgan fingerprint density at radius 2 is 1.92 bits per heavy atom. The number of amides is 2. The summed E-state index contributed by atoms with van der Waals surface area (Å²) >= 11 is 1.39. The van der Waals surface area contributed by atoms with E-state index in [1.807, 2.05) is 16.0 Å². The first-order valence-electron chi connectivity index (χ1n) is 13.3. The van der Waals surface area contributed by atoms with Gasteiger partial charge in [-0.15, -0.1) is 11.3 Å². The lowest BCUT2D eigenvalue weighted by Gasteiger charge is -2.48. The van der Waals surface area contributed by atoms with E-state index < -0.39 is 0 Å². The van der Waals surface area contributed by atoms with Gasteiger partial charge in [0.05, 0.1) is 24.0 Å². The monoisotopic (exact) mass is 526 g/mol. The number of aromatic nitrogens is 2. The number of thiazole rings is 1. The lowest BCUT2D eigenvalue weighted by atomic mass is 9.78. The van der Waals surface area contributed by atoms with Gasteiger partial charge in [0.15, 0.2) is 0 Å². The Labute approximate surface area is 223 Å². The van der Waals surface area contributed by atoms with E-state index in [0.717, 1.165) is 70.8 Å². The molecule has 0 aromatic carbocycles. The highest BCUT2D eigenvalue weighted by molar-refractivity contribution is 7.11. The SMILES string of the molecule is CC1(C)CC1C(=O)N1CC2(CCN(C(=O)c3cncs3)C2)C1.COCc1cc(C2CCOCC2)ccn1. The molecule has 3 saturated heterocycles. The normalized spacial score (nSPS) is 23.8. The van der Waals surface area contributed by atoms with Crippen molar-refractivity contribution in [1.82, 2.24) is 19.8 Å². The molecular weight excluding hydrogens is 488 g/mol. The molecule has 3 aliphatic heterocycles. The van der Waals surface area contributed by atoms with E-state index in [1.54, 1.807) is 18.8 Å². The van der Waals surface area contributed by atoms with Crippen LogP contribution in [0.3, 0.4) is 0 Å². The molecule has 1 aliphatic carbocycles. The second-order valence-corrected chi connectivity index (χ2v) is 12.6. The number of carbonyl (C=O) groups is 2. The molecule has 6 rings (SSSR count). The van der Waals surface area contributed by atoms with Crippen LogP contribution in [-0.4, -0.2) is 78.1 Å². The van der Waals surface area contributed by atoms with Crippen molar-refractivity contribution in [1.29, 1.82) is 0 Å². The van der Waals surface area contributed by atoms with Crippen LogP contribution in [0.1, 0.15) is 66.4 Å². The molecule has 1 saturated carbocycles. The fraction of sp³-hybridized carbons (Fsp3) is 0.643. The highest BCUT2D eigenvalue weighted by Crippen LogP contribution is 2.54. The zero-order chi connectivity index (χ0) is 26.0. The Morgan fingerprint density at radius 1 is 1.19 bits per heavy atom. The maximum absolute atomic E-state index is 12.4. The van der Waals surface area contributed by atoms with E-state index in [4.69, 9.17) is 9.47 Å². The zero-order valence-electron chi connectivity index (χ0n) is 22.1. The van der Waals surface area contributed by atoms with Crippen LogP contribution in [-0.2, 0) is 20.9 Å². The smallest absolute Gasteiger partial charge is 0.265 e. The van der Waals surface area contributed by atoms with Crippen LogP contribution in [0.2, 0.25) is 0 Å². The van der Waals surface area contributed by atoms with Crippen molar-refractivity contribution < 1.29 is 19.1 Å². The van der Waals surface area contributed by atoms with E-state index in [-0.39, 0.29) is 22.7 Å². The lowest BCUT2D eigenvalue weighted by Crippen LogP contribution is -2.60. The Bertz CT molecular complexity index is 1090. The van der Waals surface area contributed by atoms with Crippen molar-refractivity contribution in [2.75, 3.05) is 46.5 Å². The molecule has 2 aromatic heterocycles. The molecule has 0 N–H and O–H groups in total. The molecule has 1 atom stereocenters. The van der Waals surface area contributed by atoms with E-state index in [2.05, 4.69) is 35.9 Å². The number of ether oxygens (including phenoxy) is 2. The summed E-state index contributed by atoms with van der Waals surface area (Å²) in [6.07, 6.45) is 7.79. The second-order valence-electron chi connectivity index (χ2n) is 11.7. The second kappa shape index (κ2) is 10.8. The Hall–Kier alpha value is -2.36. The van der Waals surface area contributed by atoms with Crippen LogP contribution in [0.25, 0.3) is 0 Å². The number of carbonyl (C=O) groups excluding carboxylic acids is 2. The average Bonchev–Trinajstić information content (AvgIpc) is 3.29. The van der Waals surface area contributed by atoms with Gasteiger partial charge in [-0.25, -0.2) is 0 Å². The number of hydrogen-bond acceptors (Lipinski definition) is 7. The van der Waals surface area contributed by atoms with Crippen molar-refractivity contribution in [3.05, 3.63) is 46.2 Å². The summed E-state index contributed by atoms with van der Waals surface area (Å²) in [5.74, 6) is 1.27. The molecule has 0 radical (unpaired) electrons. The van der Waals surface area contributed by atoms with Crippen LogP contribution in [0.5, 0.6) is 0 Å². The van der Waals surface area contributed by atoms with Crippen molar-refractivity contribution in [3.63, 3.8) is 0 Å². The molecule has 8 nitrogen and oxygen atoms in total. The fourth-order valence-corrected chi connectivity index (χ4v) is 6.47. The van der Waals surface area contributed by atoms with Crippen LogP contribution in [0.4, 0.5) is 0 Å². The van der Waals surface area contributed by atoms with Gasteiger partial charge < -0.3 is 19.3 Å². The molecule has 1 spiro atoms. The zero-order valence-corrected chi connectivity index (χ0v) is 23.0. The third-order valence-electron chi connectivity index (χ3n) is 8.37. The summed E-state index contributed by atoms with van der Waals surface area (Å²) in [5.41, 5.74) is 4.43. The van der Waals surface area contributed by atoms with Gasteiger partial charge in [-0.3, -0.25) is 19.6 Å². The van der Waals surface area contributed by atoms with Crippen LogP contribution in [0, 0.1) is 16.7 Å². The van der Waals surface area contributed by atoms with Gasteiger partial charge in [0.2, 0.25) is 5.91 Å². The third-order valence-corrected chi connectivity index (χ3v) is 9.13. The molecule has 5 heterocycles. The molecular formula is C28H38N4O4S. The molecule has 2 amide bonds. The first-order chi connectivity index (χ1) is 17.8. The van der Waals surface area contributed by atoms with Gasteiger partial charge in [-0.1, -0.05) is 13.8 Å². The minimum atomic E-state index is 0.0903. The summed E-state index contributed by atoms with van der Waals surface area (Å²) < 4.78 is 10.4. The molecule has 4 fully saturated rings. The first kappa shape index (κ1) is 26.3. The molecule has 200 valence electrons. The number of likely N-dealkylation sites (tertiary alicyclic amines) is 2.